The highest BCUT2D eigenvalue weighted by atomic mass is 19.2. The molecule has 1 N–H and O–H groups in total. The standard InChI is InChI=1S/C14H11F3O3/c1-7(6-12(18)19)10-4-5-11(20-10)8-2-3-9(15)14(17)13(8)16/h2-5,7H,6H2,1H3,(H,18,19). The third-order valence-corrected chi connectivity index (χ3v) is 2.89. The van der Waals surface area contributed by atoms with E-state index in [1.807, 2.05) is 0 Å². The van der Waals surface area contributed by atoms with E-state index in [9.17, 15) is 18.0 Å². The molecule has 0 aliphatic rings. The van der Waals surface area contributed by atoms with E-state index in [-0.39, 0.29) is 17.7 Å². The highest BCUT2D eigenvalue weighted by Crippen LogP contribution is 2.30. The molecule has 0 saturated heterocycles. The van der Waals surface area contributed by atoms with Crippen LogP contribution in [0.5, 0.6) is 0 Å². The summed E-state index contributed by atoms with van der Waals surface area (Å²) in [5.41, 5.74) is -0.210. The van der Waals surface area contributed by atoms with Crippen molar-refractivity contribution in [2.75, 3.05) is 0 Å². The highest BCUT2D eigenvalue weighted by Gasteiger charge is 2.19. The Bertz CT molecular complexity index is 649. The molecule has 1 atom stereocenters. The van der Waals surface area contributed by atoms with Gasteiger partial charge in [-0.05, 0) is 24.3 Å². The lowest BCUT2D eigenvalue weighted by atomic mass is 10.1. The van der Waals surface area contributed by atoms with Crippen molar-refractivity contribution in [3.63, 3.8) is 0 Å². The van der Waals surface area contributed by atoms with E-state index in [2.05, 4.69) is 0 Å². The number of carboxylic acid groups (broad SMARTS) is 1. The fourth-order valence-electron chi connectivity index (χ4n) is 1.84. The lowest BCUT2D eigenvalue weighted by Gasteiger charge is -2.05. The Morgan fingerprint density at radius 1 is 1.20 bits per heavy atom. The maximum Gasteiger partial charge on any atom is 0.304 e. The van der Waals surface area contributed by atoms with Crippen LogP contribution < -0.4 is 0 Å². The van der Waals surface area contributed by atoms with Crippen molar-refractivity contribution in [3.8, 4) is 11.3 Å². The topological polar surface area (TPSA) is 50.4 Å². The SMILES string of the molecule is CC(CC(=O)O)c1ccc(-c2ccc(F)c(F)c2F)o1. The zero-order valence-corrected chi connectivity index (χ0v) is 10.5. The second-order valence-electron chi connectivity index (χ2n) is 4.42. The lowest BCUT2D eigenvalue weighted by molar-refractivity contribution is -0.137. The molecule has 0 radical (unpaired) electrons. The van der Waals surface area contributed by atoms with Gasteiger partial charge in [-0.2, -0.15) is 0 Å². The first-order valence-electron chi connectivity index (χ1n) is 5.85. The van der Waals surface area contributed by atoms with Gasteiger partial charge in [0.05, 0.1) is 12.0 Å². The number of carbonyl (C=O) groups is 1. The van der Waals surface area contributed by atoms with Crippen LogP contribution in [0.15, 0.2) is 28.7 Å². The van der Waals surface area contributed by atoms with Crippen molar-refractivity contribution in [2.45, 2.75) is 19.3 Å². The van der Waals surface area contributed by atoms with Crippen molar-refractivity contribution in [3.05, 3.63) is 47.5 Å². The average molecular weight is 284 g/mol. The summed E-state index contributed by atoms with van der Waals surface area (Å²) in [5, 5.41) is 8.69. The van der Waals surface area contributed by atoms with Crippen LogP contribution in [0.25, 0.3) is 11.3 Å². The molecule has 20 heavy (non-hydrogen) atoms. The van der Waals surface area contributed by atoms with E-state index in [1.54, 1.807) is 6.92 Å². The lowest BCUT2D eigenvalue weighted by Crippen LogP contribution is -2.01. The quantitative estimate of drug-likeness (QED) is 0.865. The molecule has 1 aromatic carbocycles. The number of aliphatic carboxylic acids is 1. The molecule has 6 heteroatoms. The van der Waals surface area contributed by atoms with Gasteiger partial charge < -0.3 is 9.52 Å². The summed E-state index contributed by atoms with van der Waals surface area (Å²) in [6.07, 6.45) is -0.146. The first kappa shape index (κ1) is 14.2. The number of carboxylic acids is 1. The van der Waals surface area contributed by atoms with Crippen molar-refractivity contribution >= 4 is 5.97 Å². The fraction of sp³-hybridized carbons (Fsp3) is 0.214. The van der Waals surface area contributed by atoms with Crippen LogP contribution in [0, 0.1) is 17.5 Å². The van der Waals surface area contributed by atoms with Gasteiger partial charge in [-0.15, -0.1) is 0 Å². The Morgan fingerprint density at radius 2 is 1.90 bits per heavy atom. The third kappa shape index (κ3) is 2.68. The van der Waals surface area contributed by atoms with Crippen molar-refractivity contribution in [1.82, 2.24) is 0 Å². The van der Waals surface area contributed by atoms with Gasteiger partial charge in [0, 0.05) is 5.92 Å². The highest BCUT2D eigenvalue weighted by molar-refractivity contribution is 5.68. The van der Waals surface area contributed by atoms with Gasteiger partial charge in [-0.25, -0.2) is 13.2 Å². The van der Waals surface area contributed by atoms with E-state index in [1.165, 1.54) is 12.1 Å². The summed E-state index contributed by atoms with van der Waals surface area (Å²) in [7, 11) is 0. The molecular weight excluding hydrogens is 273 g/mol. The van der Waals surface area contributed by atoms with Crippen LogP contribution in [-0.2, 0) is 4.79 Å². The maximum atomic E-state index is 13.6. The van der Waals surface area contributed by atoms with Crippen molar-refractivity contribution < 1.29 is 27.5 Å². The first-order chi connectivity index (χ1) is 9.40. The van der Waals surface area contributed by atoms with Gasteiger partial charge in [-0.3, -0.25) is 4.79 Å². The molecular formula is C14H11F3O3. The van der Waals surface area contributed by atoms with Gasteiger partial charge >= 0.3 is 5.97 Å². The third-order valence-electron chi connectivity index (χ3n) is 2.89. The summed E-state index contributed by atoms with van der Waals surface area (Å²) in [4.78, 5) is 10.6. The van der Waals surface area contributed by atoms with Crippen molar-refractivity contribution in [2.24, 2.45) is 0 Å². The van der Waals surface area contributed by atoms with Gasteiger partial charge in [0.1, 0.15) is 11.5 Å². The Balaban J connectivity index is 2.34. The molecule has 3 nitrogen and oxygen atoms in total. The largest absolute Gasteiger partial charge is 0.481 e. The molecule has 0 amide bonds. The van der Waals surface area contributed by atoms with Crippen LogP contribution >= 0.6 is 0 Å². The Hall–Kier alpha value is -2.24. The minimum atomic E-state index is -1.57. The molecule has 106 valence electrons. The van der Waals surface area contributed by atoms with E-state index in [4.69, 9.17) is 9.52 Å². The van der Waals surface area contributed by atoms with E-state index in [0.29, 0.717) is 5.76 Å². The predicted octanol–water partition coefficient (Wildman–Crippen LogP) is 3.94. The summed E-state index contributed by atoms with van der Waals surface area (Å²) < 4.78 is 44.9. The second kappa shape index (κ2) is 5.40. The van der Waals surface area contributed by atoms with E-state index < -0.39 is 29.3 Å². The molecule has 0 aliphatic heterocycles. The monoisotopic (exact) mass is 284 g/mol. The number of hydrogen-bond donors (Lipinski definition) is 1. The Morgan fingerprint density at radius 3 is 2.55 bits per heavy atom. The van der Waals surface area contributed by atoms with Gasteiger partial charge in [0.2, 0.25) is 0 Å². The molecule has 2 rings (SSSR count). The fourth-order valence-corrected chi connectivity index (χ4v) is 1.84. The Labute approximate surface area is 112 Å². The molecule has 0 aliphatic carbocycles. The molecule has 1 heterocycles. The average Bonchev–Trinajstić information content (AvgIpc) is 2.85. The summed E-state index contributed by atoms with van der Waals surface area (Å²) in [6.45, 7) is 1.64. The normalized spacial score (nSPS) is 12.4. The van der Waals surface area contributed by atoms with Crippen molar-refractivity contribution in [1.29, 1.82) is 0 Å². The Kier molecular flexibility index (Phi) is 3.83. The number of hydrogen-bond acceptors (Lipinski definition) is 2. The van der Waals surface area contributed by atoms with Crippen LogP contribution in [0.2, 0.25) is 0 Å². The smallest absolute Gasteiger partial charge is 0.304 e. The maximum absolute atomic E-state index is 13.6. The van der Waals surface area contributed by atoms with E-state index in [0.717, 1.165) is 12.1 Å². The summed E-state index contributed by atoms with van der Waals surface area (Å²) >= 11 is 0. The predicted molar refractivity (Wildman–Crippen MR) is 64.7 cm³/mol. The minimum Gasteiger partial charge on any atom is -0.481 e. The zero-order valence-electron chi connectivity index (χ0n) is 10.5. The van der Waals surface area contributed by atoms with E-state index >= 15 is 0 Å². The molecule has 1 unspecified atom stereocenters. The summed E-state index contributed by atoms with van der Waals surface area (Å²) in [5.74, 6) is -5.22. The molecule has 2 aromatic rings. The second-order valence-corrected chi connectivity index (χ2v) is 4.42. The number of furan rings is 1. The molecule has 0 spiro atoms. The number of benzene rings is 1. The first-order valence-corrected chi connectivity index (χ1v) is 5.85. The van der Waals surface area contributed by atoms with Gasteiger partial charge in [0.15, 0.2) is 17.5 Å². The van der Waals surface area contributed by atoms with Crippen LogP contribution in [-0.4, -0.2) is 11.1 Å². The van der Waals surface area contributed by atoms with Crippen LogP contribution in [0.4, 0.5) is 13.2 Å². The van der Waals surface area contributed by atoms with Gasteiger partial charge in [0.25, 0.3) is 0 Å². The number of rotatable bonds is 4. The number of halogens is 3. The molecule has 1 aromatic heterocycles. The van der Waals surface area contributed by atoms with Crippen LogP contribution in [0.1, 0.15) is 25.0 Å². The molecule has 0 bridgehead atoms. The zero-order chi connectivity index (χ0) is 14.9. The minimum absolute atomic E-state index is 0.0219. The van der Waals surface area contributed by atoms with Gasteiger partial charge in [-0.1, -0.05) is 6.92 Å². The molecule has 0 saturated carbocycles. The summed E-state index contributed by atoms with van der Waals surface area (Å²) in [6, 6.07) is 4.75. The van der Waals surface area contributed by atoms with Crippen LogP contribution in [0.3, 0.4) is 0 Å². The molecule has 0 fully saturated rings.